The Morgan fingerprint density at radius 1 is 1.23 bits per heavy atom. The van der Waals surface area contributed by atoms with Crippen LogP contribution in [-0.2, 0) is 9.53 Å². The molecule has 0 bridgehead atoms. The zero-order chi connectivity index (χ0) is 9.10. The van der Waals surface area contributed by atoms with E-state index in [0.717, 1.165) is 0 Å². The predicted octanol–water partition coefficient (Wildman–Crippen LogP) is 1.85. The molecule has 0 fully saturated rings. The van der Waals surface area contributed by atoms with Gasteiger partial charge in [0.25, 0.3) is 5.95 Å². The number of carbonyl (C=O) groups is 1. The van der Waals surface area contributed by atoms with Crippen molar-refractivity contribution < 1.29 is 14.3 Å². The molecule has 0 saturated carbocycles. The van der Waals surface area contributed by atoms with Gasteiger partial charge in [-0.25, -0.2) is 0 Å². The molecule has 1 aliphatic rings. The van der Waals surface area contributed by atoms with Crippen molar-refractivity contribution in [3.8, 4) is 5.75 Å². The maximum atomic E-state index is 10.7. The molecule has 0 amide bonds. The zero-order valence-electron chi connectivity index (χ0n) is 6.90. The number of rotatable bonds is 2. The average molecular weight is 176 g/mol. The number of benzene rings is 1. The molecule has 1 heterocycles. The minimum atomic E-state index is -0.272. The molecular weight excluding hydrogens is 168 g/mol. The van der Waals surface area contributed by atoms with E-state index < -0.39 is 0 Å². The van der Waals surface area contributed by atoms with Crippen molar-refractivity contribution >= 4 is 5.97 Å². The van der Waals surface area contributed by atoms with Crippen LogP contribution in [0.5, 0.6) is 5.75 Å². The predicted molar refractivity (Wildman–Crippen MR) is 45.9 cm³/mol. The molecule has 1 aromatic carbocycles. The quantitative estimate of drug-likeness (QED) is 0.645. The van der Waals surface area contributed by atoms with Crippen LogP contribution in [0, 0.1) is 0 Å². The Balaban J connectivity index is 2.04. The summed E-state index contributed by atoms with van der Waals surface area (Å²) in [5.41, 5.74) is 0. The first-order chi connectivity index (χ1) is 6.34. The summed E-state index contributed by atoms with van der Waals surface area (Å²) in [6, 6.07) is 9.20. The molecule has 13 heavy (non-hydrogen) atoms. The first-order valence-corrected chi connectivity index (χ1v) is 3.98. The fourth-order valence-electron chi connectivity index (χ4n) is 1.03. The van der Waals surface area contributed by atoms with Crippen molar-refractivity contribution in [1.82, 2.24) is 0 Å². The molecule has 0 N–H and O–H groups in total. The molecule has 1 aliphatic heterocycles. The molecule has 66 valence electrons. The molecule has 1 aromatic rings. The lowest BCUT2D eigenvalue weighted by atomic mass is 10.3. The first kappa shape index (κ1) is 7.86. The van der Waals surface area contributed by atoms with E-state index in [4.69, 9.17) is 9.47 Å². The van der Waals surface area contributed by atoms with Gasteiger partial charge in [0.1, 0.15) is 5.75 Å². The van der Waals surface area contributed by atoms with Gasteiger partial charge in [0.05, 0.1) is 6.42 Å². The van der Waals surface area contributed by atoms with Crippen LogP contribution in [0.3, 0.4) is 0 Å². The summed E-state index contributed by atoms with van der Waals surface area (Å²) < 4.78 is 10.0. The van der Waals surface area contributed by atoms with Gasteiger partial charge in [-0.3, -0.25) is 4.79 Å². The molecule has 2 rings (SSSR count). The molecule has 3 nitrogen and oxygen atoms in total. The highest BCUT2D eigenvalue weighted by atomic mass is 16.7. The van der Waals surface area contributed by atoms with Gasteiger partial charge in [-0.15, -0.1) is 0 Å². The largest absolute Gasteiger partial charge is 0.426 e. The van der Waals surface area contributed by atoms with Crippen molar-refractivity contribution in [1.29, 1.82) is 0 Å². The Hall–Kier alpha value is -1.77. The summed E-state index contributed by atoms with van der Waals surface area (Å²) >= 11 is 0. The van der Waals surface area contributed by atoms with Crippen molar-refractivity contribution in [2.75, 3.05) is 0 Å². The molecule has 0 aromatic heterocycles. The number of carbonyl (C=O) groups excluding carboxylic acids is 1. The minimum absolute atomic E-state index is 0.272. The van der Waals surface area contributed by atoms with Crippen LogP contribution in [0.25, 0.3) is 0 Å². The summed E-state index contributed by atoms with van der Waals surface area (Å²) in [5, 5.41) is 0. The van der Waals surface area contributed by atoms with Crippen LogP contribution in [0.4, 0.5) is 0 Å². The van der Waals surface area contributed by atoms with Gasteiger partial charge < -0.3 is 9.47 Å². The number of esters is 1. The fraction of sp³-hybridized carbons (Fsp3) is 0.100. The van der Waals surface area contributed by atoms with E-state index in [-0.39, 0.29) is 11.9 Å². The van der Waals surface area contributed by atoms with Gasteiger partial charge in [0.15, 0.2) is 0 Å². The van der Waals surface area contributed by atoms with E-state index in [1.165, 1.54) is 0 Å². The van der Waals surface area contributed by atoms with Crippen LogP contribution in [-0.4, -0.2) is 5.97 Å². The molecular formula is C10H8O3. The van der Waals surface area contributed by atoms with Crippen LogP contribution in [0.1, 0.15) is 6.42 Å². The fourth-order valence-corrected chi connectivity index (χ4v) is 1.03. The van der Waals surface area contributed by atoms with Crippen LogP contribution < -0.4 is 4.74 Å². The van der Waals surface area contributed by atoms with Crippen LogP contribution >= 0.6 is 0 Å². The SMILES string of the molecule is O=C1CC=C(Oc2ccccc2)O1. The monoisotopic (exact) mass is 176 g/mol. The maximum Gasteiger partial charge on any atom is 0.317 e. The summed E-state index contributed by atoms with van der Waals surface area (Å²) in [5.74, 6) is 0.672. The first-order valence-electron chi connectivity index (χ1n) is 3.98. The number of hydrogen-bond acceptors (Lipinski definition) is 3. The highest BCUT2D eigenvalue weighted by molar-refractivity contribution is 5.74. The Kier molecular flexibility index (Phi) is 2.00. The second-order valence-electron chi connectivity index (χ2n) is 2.62. The van der Waals surface area contributed by atoms with Crippen molar-refractivity contribution in [3.63, 3.8) is 0 Å². The van der Waals surface area contributed by atoms with Crippen LogP contribution in [0.15, 0.2) is 42.4 Å². The van der Waals surface area contributed by atoms with Gasteiger partial charge in [-0.2, -0.15) is 0 Å². The summed E-state index contributed by atoms with van der Waals surface area (Å²) in [7, 11) is 0. The van der Waals surface area contributed by atoms with E-state index in [1.54, 1.807) is 18.2 Å². The highest BCUT2D eigenvalue weighted by Gasteiger charge is 2.15. The van der Waals surface area contributed by atoms with Crippen molar-refractivity contribution in [2.45, 2.75) is 6.42 Å². The second-order valence-corrected chi connectivity index (χ2v) is 2.62. The number of hydrogen-bond donors (Lipinski definition) is 0. The van der Waals surface area contributed by atoms with E-state index >= 15 is 0 Å². The molecule has 0 atom stereocenters. The van der Waals surface area contributed by atoms with E-state index in [2.05, 4.69) is 0 Å². The Labute approximate surface area is 75.6 Å². The number of cyclic esters (lactones) is 1. The third-order valence-electron chi connectivity index (χ3n) is 1.61. The van der Waals surface area contributed by atoms with E-state index in [1.807, 2.05) is 18.2 Å². The lowest BCUT2D eigenvalue weighted by molar-refractivity contribution is -0.139. The summed E-state index contributed by atoms with van der Waals surface area (Å²) in [6.07, 6.45) is 1.91. The molecule has 0 spiro atoms. The Morgan fingerprint density at radius 2 is 2.00 bits per heavy atom. The van der Waals surface area contributed by atoms with Crippen molar-refractivity contribution in [3.05, 3.63) is 42.4 Å². The summed E-state index contributed by atoms with van der Waals surface area (Å²) in [6.45, 7) is 0. The maximum absolute atomic E-state index is 10.7. The second kappa shape index (κ2) is 3.31. The molecule has 0 saturated heterocycles. The Morgan fingerprint density at radius 3 is 2.62 bits per heavy atom. The van der Waals surface area contributed by atoms with Gasteiger partial charge in [-0.1, -0.05) is 18.2 Å². The van der Waals surface area contributed by atoms with Crippen molar-refractivity contribution in [2.24, 2.45) is 0 Å². The van der Waals surface area contributed by atoms with Gasteiger partial charge in [-0.05, 0) is 12.1 Å². The zero-order valence-corrected chi connectivity index (χ0v) is 6.90. The standard InChI is InChI=1S/C10H8O3/c11-9-6-7-10(13-9)12-8-4-2-1-3-5-8/h1-5,7H,6H2. The highest BCUT2D eigenvalue weighted by Crippen LogP contribution is 2.17. The topological polar surface area (TPSA) is 35.5 Å². The normalized spacial score (nSPS) is 15.1. The minimum Gasteiger partial charge on any atom is -0.426 e. The lowest BCUT2D eigenvalue weighted by Crippen LogP contribution is -1.99. The number of ether oxygens (including phenoxy) is 2. The lowest BCUT2D eigenvalue weighted by Gasteiger charge is -2.03. The van der Waals surface area contributed by atoms with Gasteiger partial charge in [0, 0.05) is 6.08 Å². The van der Waals surface area contributed by atoms with Gasteiger partial charge in [0.2, 0.25) is 0 Å². The molecule has 0 radical (unpaired) electrons. The number of para-hydroxylation sites is 1. The summed E-state index contributed by atoms with van der Waals surface area (Å²) in [4.78, 5) is 10.7. The average Bonchev–Trinajstić information content (AvgIpc) is 2.53. The smallest absolute Gasteiger partial charge is 0.317 e. The molecule has 0 aliphatic carbocycles. The van der Waals surface area contributed by atoms with E-state index in [0.29, 0.717) is 12.2 Å². The van der Waals surface area contributed by atoms with Crippen LogP contribution in [0.2, 0.25) is 0 Å². The third-order valence-corrected chi connectivity index (χ3v) is 1.61. The molecule has 3 heteroatoms. The van der Waals surface area contributed by atoms with Gasteiger partial charge >= 0.3 is 5.97 Å². The molecule has 0 unspecified atom stereocenters. The Bertz CT molecular complexity index is 340. The third kappa shape index (κ3) is 1.87. The van der Waals surface area contributed by atoms with E-state index in [9.17, 15) is 4.79 Å².